The topological polar surface area (TPSA) is 32.3 Å². The summed E-state index contributed by atoms with van der Waals surface area (Å²) >= 11 is 0. The Morgan fingerprint density at radius 1 is 1.18 bits per heavy atom. The zero-order valence-corrected chi connectivity index (χ0v) is 14.4. The molecule has 2 atom stereocenters. The zero-order valence-electron chi connectivity index (χ0n) is 14.4. The summed E-state index contributed by atoms with van der Waals surface area (Å²) in [5.41, 5.74) is 1.32. The van der Waals surface area contributed by atoms with Crippen molar-refractivity contribution in [3.63, 3.8) is 0 Å². The van der Waals surface area contributed by atoms with E-state index in [9.17, 15) is 4.79 Å². The van der Waals surface area contributed by atoms with Gasteiger partial charge in [-0.3, -0.25) is 9.69 Å². The van der Waals surface area contributed by atoms with Crippen molar-refractivity contribution >= 4 is 5.91 Å². The highest BCUT2D eigenvalue weighted by Crippen LogP contribution is 2.36. The molecule has 1 aliphatic rings. The van der Waals surface area contributed by atoms with E-state index in [1.54, 1.807) is 0 Å². The lowest BCUT2D eigenvalue weighted by molar-refractivity contribution is -0.125. The number of amides is 1. The van der Waals surface area contributed by atoms with Crippen LogP contribution in [0.5, 0.6) is 0 Å². The van der Waals surface area contributed by atoms with Gasteiger partial charge >= 0.3 is 0 Å². The molecule has 1 N–H and O–H groups in total. The standard InChI is InChI=1S/C19H30N2O/c1-14(2)21(13-17-8-6-5-7-9-17)12-15(3)20-19(22)16(4)18-10-11-18/h5-9,14-16,18H,10-13H2,1-4H3,(H,20,22). The first-order valence-corrected chi connectivity index (χ1v) is 8.55. The molecule has 0 saturated heterocycles. The first-order chi connectivity index (χ1) is 10.5. The second-order valence-electron chi connectivity index (χ2n) is 7.04. The maximum atomic E-state index is 12.2. The number of carbonyl (C=O) groups is 1. The summed E-state index contributed by atoms with van der Waals surface area (Å²) in [7, 11) is 0. The van der Waals surface area contributed by atoms with Crippen molar-refractivity contribution in [3.8, 4) is 0 Å². The molecule has 0 aromatic heterocycles. The van der Waals surface area contributed by atoms with Crippen LogP contribution in [0, 0.1) is 11.8 Å². The van der Waals surface area contributed by atoms with E-state index < -0.39 is 0 Å². The highest BCUT2D eigenvalue weighted by Gasteiger charge is 2.33. The maximum Gasteiger partial charge on any atom is 0.223 e. The van der Waals surface area contributed by atoms with Crippen LogP contribution in [-0.4, -0.2) is 29.4 Å². The van der Waals surface area contributed by atoms with Crippen LogP contribution in [0.3, 0.4) is 0 Å². The minimum Gasteiger partial charge on any atom is -0.352 e. The number of hydrogen-bond donors (Lipinski definition) is 1. The number of hydrogen-bond acceptors (Lipinski definition) is 2. The van der Waals surface area contributed by atoms with Crippen LogP contribution in [0.25, 0.3) is 0 Å². The van der Waals surface area contributed by atoms with Gasteiger partial charge in [0.05, 0.1) is 0 Å². The Morgan fingerprint density at radius 3 is 2.36 bits per heavy atom. The van der Waals surface area contributed by atoms with E-state index in [4.69, 9.17) is 0 Å². The van der Waals surface area contributed by atoms with E-state index >= 15 is 0 Å². The second kappa shape index (κ2) is 7.77. The van der Waals surface area contributed by atoms with Crippen molar-refractivity contribution < 1.29 is 4.79 Å². The van der Waals surface area contributed by atoms with Crippen LogP contribution in [0.4, 0.5) is 0 Å². The molecule has 122 valence electrons. The van der Waals surface area contributed by atoms with Crippen LogP contribution in [0.15, 0.2) is 30.3 Å². The SMILES string of the molecule is CC(CN(Cc1ccccc1)C(C)C)NC(=O)C(C)C1CC1. The van der Waals surface area contributed by atoms with Crippen molar-refractivity contribution in [1.82, 2.24) is 10.2 Å². The van der Waals surface area contributed by atoms with Crippen LogP contribution in [-0.2, 0) is 11.3 Å². The molecule has 0 spiro atoms. The van der Waals surface area contributed by atoms with Gasteiger partial charge < -0.3 is 5.32 Å². The Balaban J connectivity index is 1.85. The number of nitrogens with one attached hydrogen (secondary N) is 1. The normalized spacial score (nSPS) is 17.5. The molecule has 0 bridgehead atoms. The summed E-state index contributed by atoms with van der Waals surface area (Å²) in [5.74, 6) is 1.01. The average molecular weight is 302 g/mol. The predicted molar refractivity (Wildman–Crippen MR) is 91.5 cm³/mol. The molecule has 3 heteroatoms. The molecule has 1 aliphatic carbocycles. The fraction of sp³-hybridized carbons (Fsp3) is 0.632. The lowest BCUT2D eigenvalue weighted by atomic mass is 10.1. The van der Waals surface area contributed by atoms with Gasteiger partial charge in [0.2, 0.25) is 5.91 Å². The summed E-state index contributed by atoms with van der Waals surface area (Å²) in [6, 6.07) is 11.2. The van der Waals surface area contributed by atoms with Gasteiger partial charge in [0.15, 0.2) is 0 Å². The highest BCUT2D eigenvalue weighted by atomic mass is 16.1. The highest BCUT2D eigenvalue weighted by molar-refractivity contribution is 5.79. The Hall–Kier alpha value is -1.35. The van der Waals surface area contributed by atoms with Crippen LogP contribution in [0.2, 0.25) is 0 Å². The van der Waals surface area contributed by atoms with Crippen molar-refractivity contribution in [2.24, 2.45) is 11.8 Å². The fourth-order valence-electron chi connectivity index (χ4n) is 2.86. The number of nitrogens with zero attached hydrogens (tertiary/aromatic N) is 1. The predicted octanol–water partition coefficient (Wildman–Crippen LogP) is 3.45. The third-order valence-electron chi connectivity index (χ3n) is 4.60. The molecule has 1 aromatic rings. The summed E-state index contributed by atoms with van der Waals surface area (Å²) in [6.07, 6.45) is 2.43. The molecular formula is C19H30N2O. The maximum absolute atomic E-state index is 12.2. The minimum atomic E-state index is 0.170. The summed E-state index contributed by atoms with van der Waals surface area (Å²) < 4.78 is 0. The summed E-state index contributed by atoms with van der Waals surface area (Å²) in [4.78, 5) is 14.6. The molecule has 2 rings (SSSR count). The molecule has 1 aromatic carbocycles. The quantitative estimate of drug-likeness (QED) is 0.798. The van der Waals surface area contributed by atoms with Gasteiger partial charge in [-0.2, -0.15) is 0 Å². The van der Waals surface area contributed by atoms with Gasteiger partial charge in [0.1, 0.15) is 0 Å². The van der Waals surface area contributed by atoms with Gasteiger partial charge in [-0.05, 0) is 45.1 Å². The molecule has 0 heterocycles. The molecule has 2 unspecified atom stereocenters. The summed E-state index contributed by atoms with van der Waals surface area (Å²) in [6.45, 7) is 10.4. The van der Waals surface area contributed by atoms with Gasteiger partial charge in [0.25, 0.3) is 0 Å². The lowest BCUT2D eigenvalue weighted by Gasteiger charge is -2.30. The molecule has 3 nitrogen and oxygen atoms in total. The number of rotatable bonds is 8. The molecular weight excluding hydrogens is 272 g/mol. The van der Waals surface area contributed by atoms with E-state index in [0.29, 0.717) is 12.0 Å². The third kappa shape index (κ3) is 5.13. The average Bonchev–Trinajstić information content (AvgIpc) is 3.31. The van der Waals surface area contributed by atoms with E-state index in [1.807, 2.05) is 6.07 Å². The second-order valence-corrected chi connectivity index (χ2v) is 7.04. The number of benzene rings is 1. The van der Waals surface area contributed by atoms with Crippen molar-refractivity contribution in [2.75, 3.05) is 6.54 Å². The molecule has 1 fully saturated rings. The first kappa shape index (κ1) is 17.0. The third-order valence-corrected chi connectivity index (χ3v) is 4.60. The molecule has 1 amide bonds. The smallest absolute Gasteiger partial charge is 0.223 e. The van der Waals surface area contributed by atoms with Crippen LogP contribution < -0.4 is 5.32 Å². The fourth-order valence-corrected chi connectivity index (χ4v) is 2.86. The van der Waals surface area contributed by atoms with Gasteiger partial charge in [-0.1, -0.05) is 37.3 Å². The van der Waals surface area contributed by atoms with Gasteiger partial charge in [0, 0.05) is 31.1 Å². The van der Waals surface area contributed by atoms with Crippen molar-refractivity contribution in [3.05, 3.63) is 35.9 Å². The zero-order chi connectivity index (χ0) is 16.1. The molecule has 22 heavy (non-hydrogen) atoms. The minimum absolute atomic E-state index is 0.170. The van der Waals surface area contributed by atoms with Crippen LogP contribution >= 0.6 is 0 Å². The Morgan fingerprint density at radius 2 is 1.82 bits per heavy atom. The van der Waals surface area contributed by atoms with Gasteiger partial charge in [-0.15, -0.1) is 0 Å². The largest absolute Gasteiger partial charge is 0.352 e. The molecule has 1 saturated carbocycles. The van der Waals surface area contributed by atoms with Crippen LogP contribution in [0.1, 0.15) is 46.1 Å². The molecule has 0 radical (unpaired) electrons. The Bertz CT molecular complexity index is 468. The molecule has 0 aliphatic heterocycles. The first-order valence-electron chi connectivity index (χ1n) is 8.55. The Kier molecular flexibility index (Phi) is 6.01. The monoisotopic (exact) mass is 302 g/mol. The lowest BCUT2D eigenvalue weighted by Crippen LogP contribution is -2.45. The van der Waals surface area contributed by atoms with E-state index in [-0.39, 0.29) is 17.9 Å². The Labute approximate surface area is 135 Å². The van der Waals surface area contributed by atoms with E-state index in [1.165, 1.54) is 18.4 Å². The van der Waals surface area contributed by atoms with E-state index in [0.717, 1.165) is 13.1 Å². The summed E-state index contributed by atoms with van der Waals surface area (Å²) in [5, 5.41) is 3.19. The van der Waals surface area contributed by atoms with E-state index in [2.05, 4.69) is 62.2 Å². The number of carbonyl (C=O) groups excluding carboxylic acids is 1. The van der Waals surface area contributed by atoms with Crippen molar-refractivity contribution in [1.29, 1.82) is 0 Å². The van der Waals surface area contributed by atoms with Gasteiger partial charge in [-0.25, -0.2) is 0 Å². The van der Waals surface area contributed by atoms with Crippen molar-refractivity contribution in [2.45, 2.75) is 59.2 Å².